The van der Waals surface area contributed by atoms with Crippen LogP contribution in [0.15, 0.2) is 39.5 Å². The Hall–Kier alpha value is -2.18. The summed E-state index contributed by atoms with van der Waals surface area (Å²) >= 11 is 0. The van der Waals surface area contributed by atoms with Gasteiger partial charge < -0.3 is 19.0 Å². The highest BCUT2D eigenvalue weighted by molar-refractivity contribution is 5.88. The fraction of sp³-hybridized carbons (Fsp3) is 0.286. The van der Waals surface area contributed by atoms with Gasteiger partial charge in [0.25, 0.3) is 0 Å². The Morgan fingerprint density at radius 2 is 2.00 bits per heavy atom. The van der Waals surface area contributed by atoms with Crippen molar-refractivity contribution in [2.45, 2.75) is 0 Å². The van der Waals surface area contributed by atoms with E-state index < -0.39 is 5.97 Å². The molecule has 106 valence electrons. The highest BCUT2D eigenvalue weighted by Crippen LogP contribution is 2.12. The Balaban J connectivity index is 2.05. The van der Waals surface area contributed by atoms with Gasteiger partial charge in [0.05, 0.1) is 25.2 Å². The quantitative estimate of drug-likeness (QED) is 0.625. The molecule has 2 aromatic rings. The molecule has 0 fully saturated rings. The fourth-order valence-corrected chi connectivity index (χ4v) is 1.64. The first-order valence-electron chi connectivity index (χ1n) is 6.11. The molecule has 0 aliphatic rings. The number of carbonyl (C=O) groups excluding carboxylic acids is 1. The van der Waals surface area contributed by atoms with Crippen molar-refractivity contribution in [3.05, 3.63) is 46.3 Å². The van der Waals surface area contributed by atoms with Crippen LogP contribution in [0.2, 0.25) is 0 Å². The molecule has 2 rings (SSSR count). The minimum absolute atomic E-state index is 0.0232. The molecule has 1 aromatic heterocycles. The molecular weight excluding hydrogens is 264 g/mol. The van der Waals surface area contributed by atoms with E-state index in [9.17, 15) is 9.59 Å². The molecule has 0 unspecified atom stereocenters. The topological polar surface area (TPSA) is 86.0 Å². The Morgan fingerprint density at radius 1 is 1.20 bits per heavy atom. The van der Waals surface area contributed by atoms with E-state index in [1.165, 1.54) is 0 Å². The van der Waals surface area contributed by atoms with Crippen LogP contribution in [0.4, 0.5) is 0 Å². The van der Waals surface area contributed by atoms with Crippen molar-refractivity contribution in [2.24, 2.45) is 0 Å². The molecule has 0 radical (unpaired) electrons. The van der Waals surface area contributed by atoms with E-state index in [1.807, 2.05) is 0 Å². The highest BCUT2D eigenvalue weighted by Gasteiger charge is 2.13. The Bertz CT molecular complexity index is 645. The zero-order valence-electron chi connectivity index (χ0n) is 10.7. The number of carbonyl (C=O) groups is 1. The first-order chi connectivity index (χ1) is 9.72. The normalized spacial score (nSPS) is 10.7. The summed E-state index contributed by atoms with van der Waals surface area (Å²) in [5, 5.41) is 8.91. The Kier molecular flexibility index (Phi) is 4.86. The molecule has 0 saturated heterocycles. The Morgan fingerprint density at radius 3 is 2.80 bits per heavy atom. The van der Waals surface area contributed by atoms with Crippen molar-refractivity contribution in [3.8, 4) is 0 Å². The van der Waals surface area contributed by atoms with Crippen LogP contribution in [0, 0.1) is 0 Å². The summed E-state index contributed by atoms with van der Waals surface area (Å²) in [6.07, 6.45) is 0. The van der Waals surface area contributed by atoms with Gasteiger partial charge in [-0.2, -0.15) is 0 Å². The minimum atomic E-state index is -0.722. The molecular formula is C14H14O6. The van der Waals surface area contributed by atoms with Gasteiger partial charge in [-0.25, -0.2) is 4.79 Å². The molecule has 1 heterocycles. The summed E-state index contributed by atoms with van der Waals surface area (Å²) < 4.78 is 15.2. The third-order valence-corrected chi connectivity index (χ3v) is 2.53. The Labute approximate surface area is 114 Å². The van der Waals surface area contributed by atoms with E-state index in [0.29, 0.717) is 11.0 Å². The summed E-state index contributed by atoms with van der Waals surface area (Å²) in [5.41, 5.74) is 0.0406. The number of hydrogen-bond donors (Lipinski definition) is 1. The summed E-state index contributed by atoms with van der Waals surface area (Å²) in [4.78, 5) is 23.5. The van der Waals surface area contributed by atoms with E-state index in [4.69, 9.17) is 19.0 Å². The van der Waals surface area contributed by atoms with Crippen LogP contribution in [-0.4, -0.2) is 37.5 Å². The second kappa shape index (κ2) is 6.83. The molecule has 0 aliphatic heterocycles. The van der Waals surface area contributed by atoms with Crippen LogP contribution in [0.25, 0.3) is 11.0 Å². The summed E-state index contributed by atoms with van der Waals surface area (Å²) in [7, 11) is 0. The molecule has 1 aromatic carbocycles. The molecule has 0 bridgehead atoms. The SMILES string of the molecule is O=C(OCCOCCO)c1cc(=O)c2ccccc2o1. The smallest absolute Gasteiger partial charge is 0.374 e. The fourth-order valence-electron chi connectivity index (χ4n) is 1.64. The maximum atomic E-state index is 11.8. The average Bonchev–Trinajstić information content (AvgIpc) is 2.47. The molecule has 0 aliphatic carbocycles. The second-order valence-electron chi connectivity index (χ2n) is 3.94. The van der Waals surface area contributed by atoms with Gasteiger partial charge in [0, 0.05) is 6.07 Å². The van der Waals surface area contributed by atoms with Crippen LogP contribution >= 0.6 is 0 Å². The predicted molar refractivity (Wildman–Crippen MR) is 70.7 cm³/mol. The van der Waals surface area contributed by atoms with Crippen LogP contribution in [0.5, 0.6) is 0 Å². The number of benzene rings is 1. The van der Waals surface area contributed by atoms with Gasteiger partial charge in [0.1, 0.15) is 12.2 Å². The van der Waals surface area contributed by atoms with Gasteiger partial charge in [-0.3, -0.25) is 4.79 Å². The molecule has 0 spiro atoms. The lowest BCUT2D eigenvalue weighted by Crippen LogP contribution is -2.14. The lowest BCUT2D eigenvalue weighted by atomic mass is 10.2. The van der Waals surface area contributed by atoms with Crippen molar-refractivity contribution >= 4 is 16.9 Å². The molecule has 0 amide bonds. The van der Waals surface area contributed by atoms with Crippen molar-refractivity contribution in [1.29, 1.82) is 0 Å². The number of esters is 1. The van der Waals surface area contributed by atoms with E-state index in [-0.39, 0.29) is 37.6 Å². The molecule has 0 saturated carbocycles. The largest absolute Gasteiger partial charge is 0.457 e. The molecule has 6 heteroatoms. The van der Waals surface area contributed by atoms with E-state index >= 15 is 0 Å². The number of aliphatic hydroxyl groups is 1. The third-order valence-electron chi connectivity index (χ3n) is 2.53. The number of fused-ring (bicyclic) bond motifs is 1. The van der Waals surface area contributed by atoms with Crippen molar-refractivity contribution in [3.63, 3.8) is 0 Å². The van der Waals surface area contributed by atoms with Crippen LogP contribution in [0.1, 0.15) is 10.6 Å². The van der Waals surface area contributed by atoms with E-state index in [0.717, 1.165) is 6.07 Å². The first kappa shape index (κ1) is 14.2. The predicted octanol–water partition coefficient (Wildman–Crippen LogP) is 0.959. The number of aliphatic hydroxyl groups excluding tert-OH is 1. The zero-order chi connectivity index (χ0) is 14.4. The monoisotopic (exact) mass is 278 g/mol. The number of rotatable bonds is 6. The molecule has 1 N–H and O–H groups in total. The van der Waals surface area contributed by atoms with Gasteiger partial charge in [-0.1, -0.05) is 12.1 Å². The first-order valence-corrected chi connectivity index (χ1v) is 6.11. The lowest BCUT2D eigenvalue weighted by molar-refractivity contribution is 0.0233. The third kappa shape index (κ3) is 3.43. The highest BCUT2D eigenvalue weighted by atomic mass is 16.6. The van der Waals surface area contributed by atoms with Crippen LogP contribution in [-0.2, 0) is 9.47 Å². The molecule has 6 nitrogen and oxygen atoms in total. The second-order valence-corrected chi connectivity index (χ2v) is 3.94. The van der Waals surface area contributed by atoms with Gasteiger partial charge in [-0.15, -0.1) is 0 Å². The zero-order valence-corrected chi connectivity index (χ0v) is 10.7. The van der Waals surface area contributed by atoms with E-state index in [1.54, 1.807) is 24.3 Å². The van der Waals surface area contributed by atoms with Crippen molar-refractivity contribution < 1.29 is 23.8 Å². The summed E-state index contributed by atoms with van der Waals surface area (Å²) in [5.74, 6) is -0.865. The van der Waals surface area contributed by atoms with Crippen LogP contribution in [0.3, 0.4) is 0 Å². The summed E-state index contributed by atoms with van der Waals surface area (Å²) in [6, 6.07) is 7.77. The molecule has 0 atom stereocenters. The minimum Gasteiger partial charge on any atom is -0.457 e. The standard InChI is InChI=1S/C14H14O6/c15-5-6-18-7-8-19-14(17)13-9-11(16)10-3-1-2-4-12(10)20-13/h1-4,9,15H,5-8H2. The molecule has 20 heavy (non-hydrogen) atoms. The maximum absolute atomic E-state index is 11.8. The number of para-hydroxylation sites is 1. The van der Waals surface area contributed by atoms with Crippen molar-refractivity contribution in [2.75, 3.05) is 26.4 Å². The number of ether oxygens (including phenoxy) is 2. The number of hydrogen-bond acceptors (Lipinski definition) is 6. The average molecular weight is 278 g/mol. The summed E-state index contributed by atoms with van der Waals surface area (Å²) in [6.45, 7) is 0.287. The van der Waals surface area contributed by atoms with Gasteiger partial charge in [0.15, 0.2) is 5.43 Å². The van der Waals surface area contributed by atoms with Crippen LogP contribution < -0.4 is 5.43 Å². The van der Waals surface area contributed by atoms with Crippen molar-refractivity contribution in [1.82, 2.24) is 0 Å². The lowest BCUT2D eigenvalue weighted by Gasteiger charge is -2.05. The van der Waals surface area contributed by atoms with Gasteiger partial charge in [-0.05, 0) is 12.1 Å². The van der Waals surface area contributed by atoms with Gasteiger partial charge in [0.2, 0.25) is 5.76 Å². The van der Waals surface area contributed by atoms with Gasteiger partial charge >= 0.3 is 5.97 Å². The maximum Gasteiger partial charge on any atom is 0.374 e. The van der Waals surface area contributed by atoms with E-state index in [2.05, 4.69) is 0 Å².